The molecule has 0 aliphatic heterocycles. The molecule has 2 aromatic heterocycles. The SMILES string of the molecule is COC(=O)C(Sc1nnnn1Cc1ccccc1)c1ccsc1. The highest BCUT2D eigenvalue weighted by molar-refractivity contribution is 8.00. The highest BCUT2D eigenvalue weighted by atomic mass is 32.2. The largest absolute Gasteiger partial charge is 0.468 e. The lowest BCUT2D eigenvalue weighted by Crippen LogP contribution is -2.12. The smallest absolute Gasteiger partial charge is 0.323 e. The van der Waals surface area contributed by atoms with Crippen LogP contribution in [0.2, 0.25) is 0 Å². The van der Waals surface area contributed by atoms with Gasteiger partial charge in [-0.1, -0.05) is 42.1 Å². The van der Waals surface area contributed by atoms with E-state index in [0.717, 1.165) is 11.1 Å². The normalized spacial score (nSPS) is 12.0. The minimum Gasteiger partial charge on any atom is -0.468 e. The van der Waals surface area contributed by atoms with Gasteiger partial charge in [0.2, 0.25) is 5.16 Å². The van der Waals surface area contributed by atoms with Crippen molar-refractivity contribution in [1.82, 2.24) is 20.2 Å². The Labute approximate surface area is 141 Å². The predicted molar refractivity (Wildman–Crippen MR) is 88.3 cm³/mol. The van der Waals surface area contributed by atoms with Crippen LogP contribution in [0.3, 0.4) is 0 Å². The lowest BCUT2D eigenvalue weighted by molar-refractivity contribution is -0.140. The van der Waals surface area contributed by atoms with Gasteiger partial charge in [-0.25, -0.2) is 4.68 Å². The molecule has 6 nitrogen and oxygen atoms in total. The molecule has 0 aliphatic carbocycles. The van der Waals surface area contributed by atoms with Gasteiger partial charge in [0, 0.05) is 0 Å². The van der Waals surface area contributed by atoms with E-state index in [9.17, 15) is 4.79 Å². The lowest BCUT2D eigenvalue weighted by Gasteiger charge is -2.12. The van der Waals surface area contributed by atoms with Crippen molar-refractivity contribution < 1.29 is 9.53 Å². The number of thiophene rings is 1. The molecule has 3 aromatic rings. The molecular weight excluding hydrogens is 332 g/mol. The molecule has 1 atom stereocenters. The minimum atomic E-state index is -0.480. The Bertz CT molecular complexity index is 759. The molecule has 0 saturated heterocycles. The summed E-state index contributed by atoms with van der Waals surface area (Å²) < 4.78 is 6.59. The summed E-state index contributed by atoms with van der Waals surface area (Å²) in [5.41, 5.74) is 1.98. The molecule has 118 valence electrons. The van der Waals surface area contributed by atoms with Crippen LogP contribution in [0.5, 0.6) is 0 Å². The van der Waals surface area contributed by atoms with Gasteiger partial charge in [0.1, 0.15) is 5.25 Å². The fraction of sp³-hybridized carbons (Fsp3) is 0.200. The van der Waals surface area contributed by atoms with Crippen molar-refractivity contribution in [2.45, 2.75) is 17.0 Å². The third-order valence-corrected chi connectivity index (χ3v) is 5.06. The van der Waals surface area contributed by atoms with E-state index in [0.29, 0.717) is 11.7 Å². The van der Waals surface area contributed by atoms with Gasteiger partial charge in [0.25, 0.3) is 0 Å². The van der Waals surface area contributed by atoms with E-state index >= 15 is 0 Å². The monoisotopic (exact) mass is 346 g/mol. The quantitative estimate of drug-likeness (QED) is 0.505. The number of carbonyl (C=O) groups is 1. The van der Waals surface area contributed by atoms with Crippen LogP contribution < -0.4 is 0 Å². The van der Waals surface area contributed by atoms with Crippen molar-refractivity contribution in [2.75, 3.05) is 7.11 Å². The molecule has 0 bridgehead atoms. The molecule has 0 spiro atoms. The summed E-state index contributed by atoms with van der Waals surface area (Å²) in [7, 11) is 1.38. The van der Waals surface area contributed by atoms with Crippen LogP contribution in [-0.4, -0.2) is 33.3 Å². The molecule has 23 heavy (non-hydrogen) atoms. The Hall–Kier alpha value is -2.19. The van der Waals surface area contributed by atoms with Crippen molar-refractivity contribution in [2.24, 2.45) is 0 Å². The topological polar surface area (TPSA) is 69.9 Å². The highest BCUT2D eigenvalue weighted by Gasteiger charge is 2.26. The van der Waals surface area contributed by atoms with E-state index in [-0.39, 0.29) is 5.97 Å². The number of aromatic nitrogens is 4. The molecule has 0 saturated carbocycles. The zero-order valence-corrected chi connectivity index (χ0v) is 14.0. The number of nitrogens with zero attached hydrogens (tertiary/aromatic N) is 4. The first-order valence-corrected chi connectivity index (χ1v) is 8.67. The van der Waals surface area contributed by atoms with E-state index < -0.39 is 5.25 Å². The standard InChI is InChI=1S/C15H14N4O2S2/c1-21-14(20)13(12-7-8-22-10-12)23-15-16-17-18-19(15)9-11-5-3-2-4-6-11/h2-8,10,13H,9H2,1H3. The summed E-state index contributed by atoms with van der Waals surface area (Å²) in [6.07, 6.45) is 0. The maximum absolute atomic E-state index is 12.1. The number of thioether (sulfide) groups is 1. The van der Waals surface area contributed by atoms with E-state index in [1.165, 1.54) is 30.2 Å². The summed E-state index contributed by atoms with van der Waals surface area (Å²) in [5, 5.41) is 15.7. The van der Waals surface area contributed by atoms with Crippen molar-refractivity contribution in [3.8, 4) is 0 Å². The summed E-state index contributed by atoms with van der Waals surface area (Å²) >= 11 is 2.83. The summed E-state index contributed by atoms with van der Waals surface area (Å²) in [5.74, 6) is -0.317. The van der Waals surface area contributed by atoms with Crippen LogP contribution in [0.1, 0.15) is 16.4 Å². The zero-order chi connectivity index (χ0) is 16.1. The van der Waals surface area contributed by atoms with Crippen LogP contribution in [0.15, 0.2) is 52.3 Å². The average molecular weight is 346 g/mol. The number of rotatable bonds is 6. The minimum absolute atomic E-state index is 0.317. The van der Waals surface area contributed by atoms with Crippen LogP contribution in [0.25, 0.3) is 0 Å². The lowest BCUT2D eigenvalue weighted by atomic mass is 10.2. The van der Waals surface area contributed by atoms with Crippen LogP contribution in [-0.2, 0) is 16.1 Å². The highest BCUT2D eigenvalue weighted by Crippen LogP contribution is 2.35. The molecule has 0 N–H and O–H groups in total. The predicted octanol–water partition coefficient (Wildman–Crippen LogP) is 2.79. The number of hydrogen-bond acceptors (Lipinski definition) is 7. The van der Waals surface area contributed by atoms with Gasteiger partial charge >= 0.3 is 5.97 Å². The molecule has 1 unspecified atom stereocenters. The first-order chi connectivity index (χ1) is 11.3. The van der Waals surface area contributed by atoms with Crippen molar-refractivity contribution >= 4 is 29.1 Å². The molecule has 8 heteroatoms. The maximum atomic E-state index is 12.1. The molecule has 0 aliphatic rings. The fourth-order valence-electron chi connectivity index (χ4n) is 2.03. The molecular formula is C15H14N4O2S2. The number of tetrazole rings is 1. The Kier molecular flexibility index (Phi) is 5.04. The van der Waals surface area contributed by atoms with Crippen LogP contribution in [0.4, 0.5) is 0 Å². The first kappa shape index (κ1) is 15.7. The maximum Gasteiger partial charge on any atom is 0.323 e. The Morgan fingerprint density at radius 2 is 2.17 bits per heavy atom. The van der Waals surface area contributed by atoms with Crippen molar-refractivity contribution in [1.29, 1.82) is 0 Å². The van der Waals surface area contributed by atoms with E-state index in [1.807, 2.05) is 47.2 Å². The van der Waals surface area contributed by atoms with Crippen molar-refractivity contribution in [3.63, 3.8) is 0 Å². The molecule has 0 amide bonds. The van der Waals surface area contributed by atoms with Gasteiger partial charge in [-0.05, 0) is 38.4 Å². The number of benzene rings is 1. The number of esters is 1. The van der Waals surface area contributed by atoms with Gasteiger partial charge < -0.3 is 4.74 Å². The van der Waals surface area contributed by atoms with Gasteiger partial charge in [0.05, 0.1) is 13.7 Å². The second-order valence-corrected chi connectivity index (χ2v) is 6.53. The van der Waals surface area contributed by atoms with Crippen LogP contribution in [0, 0.1) is 0 Å². The average Bonchev–Trinajstić information content (AvgIpc) is 3.25. The fourth-order valence-corrected chi connectivity index (χ4v) is 3.79. The molecule has 3 rings (SSSR count). The van der Waals surface area contributed by atoms with E-state index in [2.05, 4.69) is 15.5 Å². The Morgan fingerprint density at radius 3 is 2.87 bits per heavy atom. The number of hydrogen-bond donors (Lipinski definition) is 0. The second-order valence-electron chi connectivity index (χ2n) is 4.68. The summed E-state index contributed by atoms with van der Waals surface area (Å²) in [6.45, 7) is 0.549. The molecule has 1 aromatic carbocycles. The Morgan fingerprint density at radius 1 is 1.35 bits per heavy atom. The summed E-state index contributed by atoms with van der Waals surface area (Å²) in [4.78, 5) is 12.1. The summed E-state index contributed by atoms with van der Waals surface area (Å²) in [6, 6.07) is 11.8. The molecule has 0 fully saturated rings. The first-order valence-electron chi connectivity index (χ1n) is 6.84. The van der Waals surface area contributed by atoms with Gasteiger partial charge in [-0.3, -0.25) is 4.79 Å². The van der Waals surface area contributed by atoms with Gasteiger partial charge in [-0.2, -0.15) is 11.3 Å². The molecule has 0 radical (unpaired) electrons. The number of methoxy groups -OCH3 is 1. The van der Waals surface area contributed by atoms with Crippen molar-refractivity contribution in [3.05, 3.63) is 58.3 Å². The second kappa shape index (κ2) is 7.38. The Balaban J connectivity index is 1.81. The molecule has 2 heterocycles. The van der Waals surface area contributed by atoms with E-state index in [4.69, 9.17) is 4.74 Å². The number of ether oxygens (including phenoxy) is 1. The van der Waals surface area contributed by atoms with Gasteiger partial charge in [-0.15, -0.1) is 5.10 Å². The van der Waals surface area contributed by atoms with Gasteiger partial charge in [0.15, 0.2) is 0 Å². The third-order valence-electron chi connectivity index (χ3n) is 3.16. The van der Waals surface area contributed by atoms with E-state index in [1.54, 1.807) is 4.68 Å². The zero-order valence-electron chi connectivity index (χ0n) is 12.3. The third kappa shape index (κ3) is 3.77. The number of carbonyl (C=O) groups excluding carboxylic acids is 1. The van der Waals surface area contributed by atoms with Crippen LogP contribution >= 0.6 is 23.1 Å².